The largest absolute Gasteiger partial charge is 0.198 e. The molecule has 100 valence electrons. The lowest BCUT2D eigenvalue weighted by Crippen LogP contribution is -2.12. The van der Waals surface area contributed by atoms with Gasteiger partial charge in [-0.1, -0.05) is 71.6 Å². The first-order chi connectivity index (χ1) is 8.18. The van der Waals surface area contributed by atoms with Crippen LogP contribution in [0.25, 0.3) is 0 Å². The molecule has 0 aromatic carbocycles. The number of nitriles is 1. The summed E-state index contributed by atoms with van der Waals surface area (Å²) in [4.78, 5) is 0. The van der Waals surface area contributed by atoms with Crippen molar-refractivity contribution in [3.8, 4) is 6.07 Å². The molecule has 0 N–H and O–H groups in total. The molecule has 0 aromatic heterocycles. The van der Waals surface area contributed by atoms with Crippen LogP contribution in [0.4, 0.5) is 0 Å². The van der Waals surface area contributed by atoms with E-state index in [-0.39, 0.29) is 5.41 Å². The maximum absolute atomic E-state index is 9.17. The molecule has 1 unspecified atom stereocenters. The Morgan fingerprint density at radius 2 is 1.29 bits per heavy atom. The SMILES string of the molecule is CCCCCCCCCCC(C)(C#N)CCC. The summed E-state index contributed by atoms with van der Waals surface area (Å²) in [6.07, 6.45) is 14.1. The van der Waals surface area contributed by atoms with E-state index in [1.54, 1.807) is 0 Å². The summed E-state index contributed by atoms with van der Waals surface area (Å²) in [6, 6.07) is 2.50. The number of hydrogen-bond acceptors (Lipinski definition) is 1. The van der Waals surface area contributed by atoms with Crippen LogP contribution in [-0.2, 0) is 0 Å². The van der Waals surface area contributed by atoms with Gasteiger partial charge in [0.25, 0.3) is 0 Å². The Hall–Kier alpha value is -0.510. The van der Waals surface area contributed by atoms with Crippen LogP contribution in [0.1, 0.15) is 91.4 Å². The Balaban J connectivity index is 3.41. The van der Waals surface area contributed by atoms with Crippen LogP contribution in [-0.4, -0.2) is 0 Å². The van der Waals surface area contributed by atoms with Crippen LogP contribution in [0, 0.1) is 16.7 Å². The fraction of sp³-hybridized carbons (Fsp3) is 0.938. The monoisotopic (exact) mass is 237 g/mol. The highest BCUT2D eigenvalue weighted by atomic mass is 14.3. The average Bonchev–Trinajstić information content (AvgIpc) is 2.33. The van der Waals surface area contributed by atoms with Crippen molar-refractivity contribution in [3.63, 3.8) is 0 Å². The van der Waals surface area contributed by atoms with Crippen LogP contribution in [0.3, 0.4) is 0 Å². The Morgan fingerprint density at radius 1 is 0.765 bits per heavy atom. The molecular weight excluding hydrogens is 206 g/mol. The zero-order valence-corrected chi connectivity index (χ0v) is 12.2. The van der Waals surface area contributed by atoms with Gasteiger partial charge in [0.2, 0.25) is 0 Å². The van der Waals surface area contributed by atoms with Crippen LogP contribution in [0.5, 0.6) is 0 Å². The first-order valence-electron chi connectivity index (χ1n) is 7.59. The summed E-state index contributed by atoms with van der Waals surface area (Å²) in [7, 11) is 0. The van der Waals surface area contributed by atoms with Crippen molar-refractivity contribution in [2.45, 2.75) is 91.4 Å². The van der Waals surface area contributed by atoms with E-state index in [4.69, 9.17) is 5.26 Å². The van der Waals surface area contributed by atoms with Crippen molar-refractivity contribution in [3.05, 3.63) is 0 Å². The third-order valence-corrected chi connectivity index (χ3v) is 3.65. The fourth-order valence-corrected chi connectivity index (χ4v) is 2.44. The van der Waals surface area contributed by atoms with E-state index in [2.05, 4.69) is 26.8 Å². The predicted molar refractivity (Wildman–Crippen MR) is 75.9 cm³/mol. The normalized spacial score (nSPS) is 14.2. The van der Waals surface area contributed by atoms with E-state index in [1.165, 1.54) is 51.4 Å². The topological polar surface area (TPSA) is 23.8 Å². The van der Waals surface area contributed by atoms with Crippen molar-refractivity contribution in [1.82, 2.24) is 0 Å². The highest BCUT2D eigenvalue weighted by molar-refractivity contribution is 4.94. The van der Waals surface area contributed by atoms with Gasteiger partial charge in [0, 0.05) is 0 Å². The molecule has 0 saturated heterocycles. The lowest BCUT2D eigenvalue weighted by atomic mass is 9.82. The van der Waals surface area contributed by atoms with E-state index in [0.717, 1.165) is 19.3 Å². The van der Waals surface area contributed by atoms with Gasteiger partial charge in [-0.3, -0.25) is 0 Å². The molecule has 0 aliphatic carbocycles. The Bertz CT molecular complexity index is 204. The number of nitrogens with zero attached hydrogens (tertiary/aromatic N) is 1. The summed E-state index contributed by atoms with van der Waals surface area (Å²) < 4.78 is 0. The number of hydrogen-bond donors (Lipinski definition) is 0. The van der Waals surface area contributed by atoms with Crippen molar-refractivity contribution in [2.24, 2.45) is 5.41 Å². The molecule has 17 heavy (non-hydrogen) atoms. The van der Waals surface area contributed by atoms with E-state index in [0.29, 0.717) is 0 Å². The first-order valence-corrected chi connectivity index (χ1v) is 7.59. The molecule has 0 aliphatic heterocycles. The van der Waals surface area contributed by atoms with E-state index in [9.17, 15) is 0 Å². The smallest absolute Gasteiger partial charge is 0.0686 e. The molecule has 1 nitrogen and oxygen atoms in total. The standard InChI is InChI=1S/C16H31N/c1-4-6-7-8-9-10-11-12-14-16(3,15-17)13-5-2/h4-14H2,1-3H3. The molecule has 0 heterocycles. The minimum atomic E-state index is -0.0586. The molecule has 1 heteroatoms. The van der Waals surface area contributed by atoms with Crippen LogP contribution in [0.2, 0.25) is 0 Å². The van der Waals surface area contributed by atoms with Crippen molar-refractivity contribution in [2.75, 3.05) is 0 Å². The van der Waals surface area contributed by atoms with Crippen molar-refractivity contribution in [1.29, 1.82) is 5.26 Å². The zero-order chi connectivity index (χ0) is 13.0. The zero-order valence-electron chi connectivity index (χ0n) is 12.2. The van der Waals surface area contributed by atoms with E-state index in [1.807, 2.05) is 0 Å². The second-order valence-corrected chi connectivity index (χ2v) is 5.65. The number of unbranched alkanes of at least 4 members (excludes halogenated alkanes) is 7. The summed E-state index contributed by atoms with van der Waals surface area (Å²) in [5.74, 6) is 0. The third-order valence-electron chi connectivity index (χ3n) is 3.65. The average molecular weight is 237 g/mol. The summed E-state index contributed by atoms with van der Waals surface area (Å²) in [5, 5.41) is 9.17. The number of rotatable bonds is 11. The molecule has 0 amide bonds. The summed E-state index contributed by atoms with van der Waals surface area (Å²) in [5.41, 5.74) is -0.0586. The summed E-state index contributed by atoms with van der Waals surface area (Å²) in [6.45, 7) is 6.55. The van der Waals surface area contributed by atoms with Gasteiger partial charge in [0.15, 0.2) is 0 Å². The Kier molecular flexibility index (Phi) is 10.3. The maximum Gasteiger partial charge on any atom is 0.0686 e. The quantitative estimate of drug-likeness (QED) is 0.414. The van der Waals surface area contributed by atoms with Gasteiger partial charge < -0.3 is 0 Å². The lowest BCUT2D eigenvalue weighted by Gasteiger charge is -2.20. The second-order valence-electron chi connectivity index (χ2n) is 5.65. The molecule has 0 radical (unpaired) electrons. The highest BCUT2D eigenvalue weighted by Crippen LogP contribution is 2.29. The summed E-state index contributed by atoms with van der Waals surface area (Å²) >= 11 is 0. The predicted octanol–water partition coefficient (Wildman–Crippen LogP) is 5.85. The van der Waals surface area contributed by atoms with Crippen molar-refractivity contribution >= 4 is 0 Å². The molecule has 0 fully saturated rings. The van der Waals surface area contributed by atoms with Gasteiger partial charge in [0.05, 0.1) is 11.5 Å². The lowest BCUT2D eigenvalue weighted by molar-refractivity contribution is 0.350. The molecule has 1 atom stereocenters. The first kappa shape index (κ1) is 16.5. The molecule has 0 spiro atoms. The molecular formula is C16H31N. The van der Waals surface area contributed by atoms with Gasteiger partial charge in [-0.05, 0) is 19.8 Å². The second kappa shape index (κ2) is 10.6. The van der Waals surface area contributed by atoms with Crippen LogP contribution in [0.15, 0.2) is 0 Å². The van der Waals surface area contributed by atoms with E-state index >= 15 is 0 Å². The highest BCUT2D eigenvalue weighted by Gasteiger charge is 2.21. The molecule has 0 aromatic rings. The van der Waals surface area contributed by atoms with Gasteiger partial charge >= 0.3 is 0 Å². The van der Waals surface area contributed by atoms with E-state index < -0.39 is 0 Å². The van der Waals surface area contributed by atoms with Gasteiger partial charge in [-0.2, -0.15) is 5.26 Å². The Labute approximate surface area is 109 Å². The maximum atomic E-state index is 9.17. The Morgan fingerprint density at radius 3 is 1.76 bits per heavy atom. The van der Waals surface area contributed by atoms with Gasteiger partial charge in [-0.15, -0.1) is 0 Å². The van der Waals surface area contributed by atoms with Gasteiger partial charge in [0.1, 0.15) is 0 Å². The van der Waals surface area contributed by atoms with Crippen LogP contribution >= 0.6 is 0 Å². The molecule has 0 bridgehead atoms. The van der Waals surface area contributed by atoms with Crippen molar-refractivity contribution < 1.29 is 0 Å². The van der Waals surface area contributed by atoms with Gasteiger partial charge in [-0.25, -0.2) is 0 Å². The molecule has 0 rings (SSSR count). The fourth-order valence-electron chi connectivity index (χ4n) is 2.44. The minimum absolute atomic E-state index is 0.0586. The van der Waals surface area contributed by atoms with Crippen LogP contribution < -0.4 is 0 Å². The molecule has 0 aliphatic rings. The third kappa shape index (κ3) is 9.22. The minimum Gasteiger partial charge on any atom is -0.198 e. The molecule has 0 saturated carbocycles.